The topological polar surface area (TPSA) is 109 Å². The van der Waals surface area contributed by atoms with Crippen LogP contribution in [0.2, 0.25) is 0 Å². The van der Waals surface area contributed by atoms with Crippen LogP contribution >= 0.6 is 11.8 Å². The van der Waals surface area contributed by atoms with Gasteiger partial charge >= 0.3 is 0 Å². The van der Waals surface area contributed by atoms with Crippen LogP contribution in [0.5, 0.6) is 11.5 Å². The van der Waals surface area contributed by atoms with E-state index in [2.05, 4.69) is 20.5 Å². The molecule has 0 bridgehead atoms. The predicted molar refractivity (Wildman–Crippen MR) is 134 cm³/mol. The zero-order chi connectivity index (χ0) is 24.2. The molecule has 9 nitrogen and oxygen atoms in total. The lowest BCUT2D eigenvalue weighted by Gasteiger charge is -2.16. The number of nitrogens with one attached hydrogen (secondary N) is 2. The number of carbonyl (C=O) groups is 3. The zero-order valence-electron chi connectivity index (χ0n) is 19.1. The number of amidine groups is 1. The maximum Gasteiger partial charge on any atom is 0.262 e. The lowest BCUT2D eigenvalue weighted by atomic mass is 10.1. The number of carbonyl (C=O) groups excluding carboxylic acids is 3. The van der Waals surface area contributed by atoms with Gasteiger partial charge in [-0.3, -0.25) is 14.4 Å². The molecule has 1 atom stereocenters. The lowest BCUT2D eigenvalue weighted by molar-refractivity contribution is -0.121. The molecule has 2 aromatic rings. The van der Waals surface area contributed by atoms with Gasteiger partial charge in [-0.1, -0.05) is 11.8 Å². The minimum atomic E-state index is -0.494. The van der Waals surface area contributed by atoms with Crippen molar-refractivity contribution in [2.45, 2.75) is 30.9 Å². The van der Waals surface area contributed by atoms with Crippen LogP contribution in [0.4, 0.5) is 11.4 Å². The third kappa shape index (κ3) is 5.59. The van der Waals surface area contributed by atoms with Crippen LogP contribution in [0.25, 0.3) is 0 Å². The van der Waals surface area contributed by atoms with Crippen molar-refractivity contribution < 1.29 is 23.9 Å². The molecule has 0 unspecified atom stereocenters. The Morgan fingerprint density at radius 2 is 1.66 bits per heavy atom. The maximum atomic E-state index is 12.7. The number of amides is 3. The van der Waals surface area contributed by atoms with E-state index >= 15 is 0 Å². The van der Waals surface area contributed by atoms with Crippen molar-refractivity contribution in [1.29, 1.82) is 0 Å². The highest BCUT2D eigenvalue weighted by atomic mass is 32.2. The second kappa shape index (κ2) is 10.4. The van der Waals surface area contributed by atoms with Crippen LogP contribution in [-0.4, -0.2) is 59.3 Å². The molecule has 0 radical (unpaired) electrons. The molecule has 10 heteroatoms. The van der Waals surface area contributed by atoms with Crippen molar-refractivity contribution in [3.05, 3.63) is 48.0 Å². The van der Waals surface area contributed by atoms with Crippen molar-refractivity contribution in [1.82, 2.24) is 4.90 Å². The average molecular weight is 495 g/mol. The van der Waals surface area contributed by atoms with Crippen LogP contribution in [0.1, 0.15) is 36.0 Å². The summed E-state index contributed by atoms with van der Waals surface area (Å²) in [5, 5.41) is 5.89. The van der Waals surface area contributed by atoms with E-state index in [0.29, 0.717) is 41.7 Å². The molecule has 0 spiro atoms. The van der Waals surface area contributed by atoms with Gasteiger partial charge in [0.25, 0.3) is 11.8 Å². The molecule has 3 aliphatic rings. The van der Waals surface area contributed by atoms with Crippen LogP contribution < -0.4 is 20.1 Å². The number of thioether (sulfide) groups is 1. The number of likely N-dealkylation sites (tertiary alicyclic amines) is 1. The van der Waals surface area contributed by atoms with Gasteiger partial charge in [0.1, 0.15) is 5.25 Å². The summed E-state index contributed by atoms with van der Waals surface area (Å²) in [4.78, 5) is 43.6. The van der Waals surface area contributed by atoms with E-state index in [1.54, 1.807) is 42.5 Å². The summed E-state index contributed by atoms with van der Waals surface area (Å²) in [5.41, 5.74) is 1.60. The number of ether oxygens (including phenoxy) is 2. The van der Waals surface area contributed by atoms with Crippen molar-refractivity contribution in [3.63, 3.8) is 0 Å². The summed E-state index contributed by atoms with van der Waals surface area (Å²) < 4.78 is 11.3. The molecule has 5 rings (SSSR count). The van der Waals surface area contributed by atoms with Gasteiger partial charge in [-0.05, 0) is 49.2 Å². The molecular weight excluding hydrogens is 468 g/mol. The number of anilines is 2. The van der Waals surface area contributed by atoms with Crippen molar-refractivity contribution >= 4 is 46.0 Å². The molecule has 3 amide bonds. The van der Waals surface area contributed by atoms with E-state index in [1.807, 2.05) is 0 Å². The number of rotatable bonds is 5. The monoisotopic (exact) mass is 494 g/mol. The average Bonchev–Trinajstić information content (AvgIpc) is 3.44. The number of hydrogen-bond donors (Lipinski definition) is 2. The van der Waals surface area contributed by atoms with Gasteiger partial charge in [0.05, 0.1) is 13.2 Å². The second-order valence-electron chi connectivity index (χ2n) is 8.53. The number of benzene rings is 2. The Hall–Kier alpha value is -3.53. The van der Waals surface area contributed by atoms with Gasteiger partial charge in [0.15, 0.2) is 16.7 Å². The first-order valence-electron chi connectivity index (χ1n) is 11.7. The Labute approximate surface area is 207 Å². The standard InChI is InChI=1S/C25H26N4O5S/c30-22(15-21-24(32)28-25(35-21)29-10-1-2-11-29)26-17-6-4-16(5-7-17)23(31)27-18-8-9-19-20(14-18)34-13-3-12-33-19/h4-9,14,21H,1-3,10-13,15H2,(H,26,30)(H,27,31)/t21-/m1/s1. The van der Waals surface area contributed by atoms with Gasteiger partial charge in [0.2, 0.25) is 5.91 Å². The van der Waals surface area contributed by atoms with Gasteiger partial charge < -0.3 is 25.0 Å². The van der Waals surface area contributed by atoms with E-state index in [0.717, 1.165) is 37.5 Å². The van der Waals surface area contributed by atoms with Gasteiger partial charge in [-0.2, -0.15) is 4.99 Å². The minimum Gasteiger partial charge on any atom is -0.490 e. The fraction of sp³-hybridized carbons (Fsp3) is 0.360. The predicted octanol–water partition coefficient (Wildman–Crippen LogP) is 3.52. The van der Waals surface area contributed by atoms with Crippen molar-refractivity contribution in [2.75, 3.05) is 36.9 Å². The van der Waals surface area contributed by atoms with Crippen LogP contribution in [0.15, 0.2) is 47.5 Å². The summed E-state index contributed by atoms with van der Waals surface area (Å²) >= 11 is 1.37. The van der Waals surface area contributed by atoms with E-state index in [9.17, 15) is 14.4 Å². The highest BCUT2D eigenvalue weighted by Crippen LogP contribution is 2.32. The molecule has 3 aliphatic heterocycles. The fourth-order valence-corrected chi connectivity index (χ4v) is 5.20. The SMILES string of the molecule is O=C(C[C@H]1SC(N2CCCC2)=NC1=O)Nc1ccc(C(=O)Nc2ccc3c(c2)OCCCO3)cc1. The lowest BCUT2D eigenvalue weighted by Crippen LogP contribution is -2.25. The Kier molecular flexibility index (Phi) is 6.89. The molecule has 2 aromatic carbocycles. The van der Waals surface area contributed by atoms with Crippen LogP contribution in [-0.2, 0) is 9.59 Å². The van der Waals surface area contributed by atoms with E-state index in [4.69, 9.17) is 9.47 Å². The van der Waals surface area contributed by atoms with Crippen LogP contribution in [0.3, 0.4) is 0 Å². The fourth-order valence-electron chi connectivity index (χ4n) is 4.08. The molecule has 0 aromatic heterocycles. The first-order valence-corrected chi connectivity index (χ1v) is 12.6. The smallest absolute Gasteiger partial charge is 0.262 e. The summed E-state index contributed by atoms with van der Waals surface area (Å²) in [6.45, 7) is 2.99. The zero-order valence-corrected chi connectivity index (χ0v) is 19.9. The van der Waals surface area contributed by atoms with E-state index in [1.165, 1.54) is 11.8 Å². The summed E-state index contributed by atoms with van der Waals surface area (Å²) in [6.07, 6.45) is 3.06. The summed E-state index contributed by atoms with van der Waals surface area (Å²) in [7, 11) is 0. The third-order valence-electron chi connectivity index (χ3n) is 5.91. The maximum absolute atomic E-state index is 12.7. The Balaban J connectivity index is 1.13. The molecule has 0 saturated carbocycles. The molecule has 3 heterocycles. The van der Waals surface area contributed by atoms with Crippen LogP contribution in [0, 0.1) is 0 Å². The minimum absolute atomic E-state index is 0.0523. The molecular formula is C25H26N4O5S. The number of aliphatic imine (C=N–C) groups is 1. The molecule has 0 aliphatic carbocycles. The van der Waals surface area contributed by atoms with Gasteiger partial charge in [0, 0.05) is 48.9 Å². The number of hydrogen-bond acceptors (Lipinski definition) is 7. The van der Waals surface area contributed by atoms with Crippen molar-refractivity contribution in [2.24, 2.45) is 4.99 Å². The normalized spacial score (nSPS) is 19.2. The number of nitrogens with zero attached hydrogens (tertiary/aromatic N) is 2. The number of fused-ring (bicyclic) bond motifs is 1. The molecule has 2 N–H and O–H groups in total. The Bertz CT molecular complexity index is 1160. The third-order valence-corrected chi connectivity index (χ3v) is 7.13. The van der Waals surface area contributed by atoms with Gasteiger partial charge in [-0.15, -0.1) is 0 Å². The summed E-state index contributed by atoms with van der Waals surface area (Å²) in [6, 6.07) is 11.9. The van der Waals surface area contributed by atoms with E-state index < -0.39 is 5.25 Å². The summed E-state index contributed by atoms with van der Waals surface area (Å²) in [5.74, 6) is 0.469. The highest BCUT2D eigenvalue weighted by Gasteiger charge is 2.33. The molecule has 1 fully saturated rings. The molecule has 35 heavy (non-hydrogen) atoms. The van der Waals surface area contributed by atoms with E-state index in [-0.39, 0.29) is 24.1 Å². The largest absolute Gasteiger partial charge is 0.490 e. The van der Waals surface area contributed by atoms with Crippen molar-refractivity contribution in [3.8, 4) is 11.5 Å². The first-order chi connectivity index (χ1) is 17.0. The second-order valence-corrected chi connectivity index (χ2v) is 9.70. The highest BCUT2D eigenvalue weighted by molar-refractivity contribution is 8.15. The quantitative estimate of drug-likeness (QED) is 0.655. The first kappa shape index (κ1) is 23.2. The van der Waals surface area contributed by atoms with Gasteiger partial charge in [-0.25, -0.2) is 0 Å². The Morgan fingerprint density at radius 1 is 0.943 bits per heavy atom. The molecule has 1 saturated heterocycles. The Morgan fingerprint density at radius 3 is 2.43 bits per heavy atom. The molecule has 182 valence electrons.